The molecule has 4 rings (SSSR count). The van der Waals surface area contributed by atoms with Gasteiger partial charge < -0.3 is 9.30 Å². The SMILES string of the molecule is C=CC(=O)Oc1ccc(-c2cc3ccccc3n(C3CC3)c2=O)cc1. The van der Waals surface area contributed by atoms with Gasteiger partial charge in [-0.3, -0.25) is 4.79 Å². The van der Waals surface area contributed by atoms with Gasteiger partial charge in [0.1, 0.15) is 5.75 Å². The topological polar surface area (TPSA) is 48.3 Å². The highest BCUT2D eigenvalue weighted by molar-refractivity contribution is 5.85. The Balaban J connectivity index is 1.81. The number of hydrogen-bond donors (Lipinski definition) is 0. The van der Waals surface area contributed by atoms with Crippen LogP contribution in [0.15, 0.2) is 72.0 Å². The number of aromatic nitrogens is 1. The summed E-state index contributed by atoms with van der Waals surface area (Å²) in [6, 6.07) is 17.2. The second-order valence-corrected chi connectivity index (χ2v) is 6.17. The van der Waals surface area contributed by atoms with Crippen LogP contribution in [0.2, 0.25) is 0 Å². The van der Waals surface area contributed by atoms with Crippen LogP contribution in [0.4, 0.5) is 0 Å². The van der Waals surface area contributed by atoms with Crippen LogP contribution >= 0.6 is 0 Å². The van der Waals surface area contributed by atoms with E-state index in [-0.39, 0.29) is 5.56 Å². The predicted molar refractivity (Wildman–Crippen MR) is 97.7 cm³/mol. The number of rotatable bonds is 4. The maximum Gasteiger partial charge on any atom is 0.335 e. The summed E-state index contributed by atoms with van der Waals surface area (Å²) >= 11 is 0. The third-order valence-corrected chi connectivity index (χ3v) is 4.41. The molecule has 1 saturated carbocycles. The molecule has 0 aliphatic heterocycles. The molecular formula is C21H17NO3. The van der Waals surface area contributed by atoms with Crippen molar-refractivity contribution in [2.24, 2.45) is 0 Å². The third-order valence-electron chi connectivity index (χ3n) is 4.41. The second kappa shape index (κ2) is 6.06. The van der Waals surface area contributed by atoms with Gasteiger partial charge in [0, 0.05) is 17.7 Å². The molecule has 2 aromatic carbocycles. The number of hydrogen-bond acceptors (Lipinski definition) is 3. The standard InChI is InChI=1S/C21H17NO3/c1-2-20(23)25-17-11-7-14(8-12-17)18-13-15-5-3-4-6-19(15)22(21(18)24)16-9-10-16/h2-8,11-13,16H,1,9-10H2. The fraction of sp³-hybridized carbons (Fsp3) is 0.143. The van der Waals surface area contributed by atoms with E-state index in [9.17, 15) is 9.59 Å². The first-order valence-corrected chi connectivity index (χ1v) is 8.26. The van der Waals surface area contributed by atoms with E-state index in [1.54, 1.807) is 24.3 Å². The molecule has 1 aliphatic rings. The van der Waals surface area contributed by atoms with E-state index < -0.39 is 5.97 Å². The quantitative estimate of drug-likeness (QED) is 0.411. The second-order valence-electron chi connectivity index (χ2n) is 6.17. The van der Waals surface area contributed by atoms with Gasteiger partial charge in [-0.05, 0) is 48.1 Å². The fourth-order valence-electron chi connectivity index (χ4n) is 3.05. The molecule has 0 N–H and O–H groups in total. The van der Waals surface area contributed by atoms with E-state index in [2.05, 4.69) is 6.58 Å². The lowest BCUT2D eigenvalue weighted by atomic mass is 10.0. The Morgan fingerprint density at radius 2 is 1.84 bits per heavy atom. The van der Waals surface area contributed by atoms with E-state index in [0.717, 1.165) is 35.4 Å². The minimum absolute atomic E-state index is 0.0250. The van der Waals surface area contributed by atoms with Crippen molar-refractivity contribution >= 4 is 16.9 Å². The highest BCUT2D eigenvalue weighted by Crippen LogP contribution is 2.36. The van der Waals surface area contributed by atoms with E-state index in [4.69, 9.17) is 4.74 Å². The molecule has 124 valence electrons. The van der Waals surface area contributed by atoms with Gasteiger partial charge in [-0.25, -0.2) is 4.79 Å². The Morgan fingerprint density at radius 3 is 2.52 bits per heavy atom. The first kappa shape index (κ1) is 15.4. The van der Waals surface area contributed by atoms with Gasteiger partial charge in [-0.15, -0.1) is 0 Å². The third kappa shape index (κ3) is 2.87. The van der Waals surface area contributed by atoms with Crippen LogP contribution in [0.3, 0.4) is 0 Å². The van der Waals surface area contributed by atoms with Crippen molar-refractivity contribution in [3.8, 4) is 16.9 Å². The molecule has 3 aromatic rings. The molecule has 0 amide bonds. The number of benzene rings is 2. The molecule has 0 atom stereocenters. The largest absolute Gasteiger partial charge is 0.423 e. The van der Waals surface area contributed by atoms with Crippen LogP contribution in [0.25, 0.3) is 22.0 Å². The first-order chi connectivity index (χ1) is 12.2. The average Bonchev–Trinajstić information content (AvgIpc) is 3.47. The summed E-state index contributed by atoms with van der Waals surface area (Å²) in [5, 5.41) is 1.05. The molecule has 25 heavy (non-hydrogen) atoms. The maximum absolute atomic E-state index is 13.0. The Kier molecular flexibility index (Phi) is 3.73. The number of esters is 1. The van der Waals surface area contributed by atoms with Crippen molar-refractivity contribution in [2.45, 2.75) is 18.9 Å². The highest BCUT2D eigenvalue weighted by Gasteiger charge is 2.27. The number of ether oxygens (including phenoxy) is 1. The number of nitrogens with zero attached hydrogens (tertiary/aromatic N) is 1. The minimum Gasteiger partial charge on any atom is -0.423 e. The molecule has 1 aliphatic carbocycles. The van der Waals surface area contributed by atoms with Crippen LogP contribution in [-0.2, 0) is 4.79 Å². The van der Waals surface area contributed by atoms with Gasteiger partial charge in [-0.2, -0.15) is 0 Å². The van der Waals surface area contributed by atoms with Crippen LogP contribution < -0.4 is 10.3 Å². The monoisotopic (exact) mass is 331 g/mol. The molecule has 0 bridgehead atoms. The molecule has 0 saturated heterocycles. The lowest BCUT2D eigenvalue weighted by Crippen LogP contribution is -2.21. The van der Waals surface area contributed by atoms with Gasteiger partial charge in [0.25, 0.3) is 5.56 Å². The number of carbonyl (C=O) groups excluding carboxylic acids is 1. The van der Waals surface area contributed by atoms with Crippen molar-refractivity contribution in [2.75, 3.05) is 0 Å². The van der Waals surface area contributed by atoms with Gasteiger partial charge in [-0.1, -0.05) is 36.9 Å². The van der Waals surface area contributed by atoms with E-state index in [0.29, 0.717) is 17.4 Å². The van der Waals surface area contributed by atoms with Crippen LogP contribution in [-0.4, -0.2) is 10.5 Å². The summed E-state index contributed by atoms with van der Waals surface area (Å²) in [6.07, 6.45) is 3.21. The number of fused-ring (bicyclic) bond motifs is 1. The summed E-state index contributed by atoms with van der Waals surface area (Å²) in [5.41, 5.74) is 2.48. The molecule has 0 spiro atoms. The Labute approximate surface area is 145 Å². The highest BCUT2D eigenvalue weighted by atomic mass is 16.5. The predicted octanol–water partition coefficient (Wildman–Crippen LogP) is 4.09. The van der Waals surface area contributed by atoms with Crippen molar-refractivity contribution < 1.29 is 9.53 Å². The normalized spacial score (nSPS) is 13.6. The average molecular weight is 331 g/mol. The molecule has 1 heterocycles. The lowest BCUT2D eigenvalue weighted by molar-refractivity contribution is -0.128. The van der Waals surface area contributed by atoms with E-state index >= 15 is 0 Å². The van der Waals surface area contributed by atoms with E-state index in [1.165, 1.54) is 0 Å². The summed E-state index contributed by atoms with van der Waals surface area (Å²) in [6.45, 7) is 3.38. The summed E-state index contributed by atoms with van der Waals surface area (Å²) < 4.78 is 7.00. The molecule has 1 aromatic heterocycles. The molecule has 4 heteroatoms. The molecule has 4 nitrogen and oxygen atoms in total. The first-order valence-electron chi connectivity index (χ1n) is 8.26. The van der Waals surface area contributed by atoms with Gasteiger partial charge >= 0.3 is 5.97 Å². The van der Waals surface area contributed by atoms with Crippen LogP contribution in [0.5, 0.6) is 5.75 Å². The summed E-state index contributed by atoms with van der Waals surface area (Å²) in [7, 11) is 0. The van der Waals surface area contributed by atoms with Crippen molar-refractivity contribution in [1.82, 2.24) is 4.57 Å². The molecule has 1 fully saturated rings. The number of carbonyl (C=O) groups is 1. The zero-order valence-electron chi connectivity index (χ0n) is 13.6. The zero-order valence-corrected chi connectivity index (χ0v) is 13.6. The van der Waals surface area contributed by atoms with Gasteiger partial charge in [0.2, 0.25) is 0 Å². The molecular weight excluding hydrogens is 314 g/mol. The maximum atomic E-state index is 13.0. The Morgan fingerprint density at radius 1 is 1.12 bits per heavy atom. The number of pyridine rings is 1. The van der Waals surface area contributed by atoms with Gasteiger partial charge in [0.05, 0.1) is 5.52 Å². The lowest BCUT2D eigenvalue weighted by Gasteiger charge is -2.12. The smallest absolute Gasteiger partial charge is 0.335 e. The summed E-state index contributed by atoms with van der Waals surface area (Å²) in [4.78, 5) is 24.3. The Hall–Kier alpha value is -3.14. The van der Waals surface area contributed by atoms with E-state index in [1.807, 2.05) is 34.9 Å². The molecule has 0 radical (unpaired) electrons. The zero-order chi connectivity index (χ0) is 17.4. The van der Waals surface area contributed by atoms with Crippen LogP contribution in [0.1, 0.15) is 18.9 Å². The van der Waals surface area contributed by atoms with Crippen molar-refractivity contribution in [1.29, 1.82) is 0 Å². The molecule has 0 unspecified atom stereocenters. The van der Waals surface area contributed by atoms with Crippen LogP contribution in [0, 0.1) is 0 Å². The summed E-state index contributed by atoms with van der Waals surface area (Å²) in [5.74, 6) is -0.0773. The number of para-hydroxylation sites is 1. The fourth-order valence-corrected chi connectivity index (χ4v) is 3.05. The van der Waals surface area contributed by atoms with Gasteiger partial charge in [0.15, 0.2) is 0 Å². The van der Waals surface area contributed by atoms with Crippen molar-refractivity contribution in [3.63, 3.8) is 0 Å². The van der Waals surface area contributed by atoms with Crippen molar-refractivity contribution in [3.05, 3.63) is 77.6 Å². The minimum atomic E-state index is -0.505. The Bertz CT molecular complexity index is 1030.